The first-order valence-electron chi connectivity index (χ1n) is 16.1. The van der Waals surface area contributed by atoms with E-state index in [1.165, 1.54) is 24.3 Å². The molecule has 0 aromatic heterocycles. The average Bonchev–Trinajstić information content (AvgIpc) is 3.09. The van der Waals surface area contributed by atoms with E-state index in [4.69, 9.17) is 60.7 Å². The lowest BCUT2D eigenvalue weighted by molar-refractivity contribution is -0.315. The van der Waals surface area contributed by atoms with Crippen molar-refractivity contribution in [3.63, 3.8) is 0 Å². The molecular formula is C34H43ClN2O16. The van der Waals surface area contributed by atoms with Gasteiger partial charge >= 0.3 is 29.8 Å². The number of terminal acetylenes is 1. The molecule has 0 unspecified atom stereocenters. The summed E-state index contributed by atoms with van der Waals surface area (Å²) in [4.78, 5) is 88.5. The van der Waals surface area contributed by atoms with Gasteiger partial charge in [-0.05, 0) is 24.3 Å². The molecule has 0 bridgehead atoms. The summed E-state index contributed by atoms with van der Waals surface area (Å²) in [6.07, 6.45) is -2.06. The molecule has 1 aromatic rings. The van der Waals surface area contributed by atoms with Gasteiger partial charge in [0.2, 0.25) is 0 Å². The lowest BCUT2D eigenvalue weighted by Crippen LogP contribution is -2.70. The van der Waals surface area contributed by atoms with Gasteiger partial charge in [-0.3, -0.25) is 28.8 Å². The third-order valence-corrected chi connectivity index (χ3v) is 7.35. The number of esters is 5. The summed E-state index contributed by atoms with van der Waals surface area (Å²) in [6, 6.07) is 4.30. The number of methoxy groups -OCH3 is 1. The fraction of sp³-hybridized carbons (Fsp3) is 0.559. The van der Waals surface area contributed by atoms with Crippen molar-refractivity contribution in [3.05, 3.63) is 34.9 Å². The number of rotatable bonds is 20. The Bertz CT molecular complexity index is 1480. The minimum Gasteiger partial charge on any atom is -0.465 e. The van der Waals surface area contributed by atoms with E-state index in [1.54, 1.807) is 0 Å². The molecule has 1 heterocycles. The van der Waals surface area contributed by atoms with Crippen molar-refractivity contribution in [1.82, 2.24) is 10.6 Å². The Kier molecular flexibility index (Phi) is 18.7. The first-order chi connectivity index (χ1) is 25.1. The molecule has 2 rings (SSSR count). The molecule has 0 spiro atoms. The van der Waals surface area contributed by atoms with Crippen LogP contribution in [0.5, 0.6) is 0 Å². The first-order valence-corrected chi connectivity index (χ1v) is 16.5. The van der Waals surface area contributed by atoms with E-state index < -0.39 is 97.5 Å². The summed E-state index contributed by atoms with van der Waals surface area (Å²) >= 11 is 5.93. The molecule has 1 aliphatic heterocycles. The average molecular weight is 771 g/mol. The summed E-state index contributed by atoms with van der Waals surface area (Å²) in [5.74, 6) is -6.34. The van der Waals surface area contributed by atoms with Crippen molar-refractivity contribution in [2.45, 2.75) is 70.4 Å². The van der Waals surface area contributed by atoms with Gasteiger partial charge in [-0.1, -0.05) is 17.5 Å². The summed E-state index contributed by atoms with van der Waals surface area (Å²) in [6.45, 7) is 2.74. The van der Waals surface area contributed by atoms with E-state index in [-0.39, 0.29) is 38.6 Å². The highest BCUT2D eigenvalue weighted by molar-refractivity contribution is 6.30. The van der Waals surface area contributed by atoms with E-state index in [0.29, 0.717) is 5.02 Å². The van der Waals surface area contributed by atoms with Gasteiger partial charge in [-0.2, -0.15) is 0 Å². The molecule has 6 atom stereocenters. The second-order valence-corrected chi connectivity index (χ2v) is 11.6. The van der Waals surface area contributed by atoms with Gasteiger partial charge in [0.25, 0.3) is 17.6 Å². The molecule has 19 heteroatoms. The molecule has 18 nitrogen and oxygen atoms in total. The van der Waals surface area contributed by atoms with Gasteiger partial charge in [0.15, 0.2) is 18.8 Å². The number of carbonyl (C=O) groups excluding carboxylic acids is 7. The summed E-state index contributed by atoms with van der Waals surface area (Å²) in [5.41, 5.74) is 0.169. The molecule has 0 saturated carbocycles. The van der Waals surface area contributed by atoms with E-state index in [9.17, 15) is 33.6 Å². The second-order valence-electron chi connectivity index (χ2n) is 11.2. The predicted molar refractivity (Wildman–Crippen MR) is 180 cm³/mol. The summed E-state index contributed by atoms with van der Waals surface area (Å²) < 4.78 is 49.3. The Labute approximate surface area is 310 Å². The normalized spacial score (nSPS) is 20.4. The van der Waals surface area contributed by atoms with Crippen LogP contribution in [0, 0.1) is 12.3 Å². The topological polar surface area (TPSA) is 227 Å². The van der Waals surface area contributed by atoms with Crippen molar-refractivity contribution >= 4 is 53.3 Å². The maximum absolute atomic E-state index is 13.5. The SMILES string of the molecule is C#CCOCCOCCO[C@]1(C(=O)OC)C[C@H](OC(C)=O)[C@@H](NC(=O)COC(C)=O)[C@H]([C@H](OC(C)=O)[C@@H](CNC(=O)c2ccc(Cl)cc2)OC(C)=O)O1. The monoisotopic (exact) mass is 770 g/mol. The molecule has 0 radical (unpaired) electrons. The number of halogens is 1. The van der Waals surface area contributed by atoms with Crippen LogP contribution in [0.4, 0.5) is 0 Å². The van der Waals surface area contributed by atoms with Gasteiger partial charge in [-0.15, -0.1) is 6.42 Å². The van der Waals surface area contributed by atoms with E-state index >= 15 is 0 Å². The van der Waals surface area contributed by atoms with Gasteiger partial charge in [-0.25, -0.2) is 4.79 Å². The van der Waals surface area contributed by atoms with Crippen molar-refractivity contribution in [2.75, 3.05) is 53.3 Å². The standard InChI is InChI=1S/C34H43ClN2O16/c1-7-12-46-13-14-47-15-16-49-34(33(44)45-6)17-26(50-21(3)39)29(37-28(42)19-48-20(2)38)31(53-34)30(52-23(5)41)27(51-22(4)40)18-36-32(43)24-8-10-25(35)11-9-24/h1,8-11,26-27,29-31H,12-19H2,2-6H3,(H,36,43)(H,37,42)/t26-,27+,29+,30+,31+,34+/m0/s1. The number of hydrogen-bond acceptors (Lipinski definition) is 16. The van der Waals surface area contributed by atoms with Crippen molar-refractivity contribution in [3.8, 4) is 12.3 Å². The molecule has 1 saturated heterocycles. The van der Waals surface area contributed by atoms with Crippen LogP contribution in [0.15, 0.2) is 24.3 Å². The third kappa shape index (κ3) is 15.0. The molecule has 1 fully saturated rings. The number of nitrogens with one attached hydrogen (secondary N) is 2. The molecule has 1 aromatic carbocycles. The second kappa shape index (κ2) is 22.3. The smallest absolute Gasteiger partial charge is 0.366 e. The van der Waals surface area contributed by atoms with E-state index in [2.05, 4.69) is 16.6 Å². The predicted octanol–water partition coefficient (Wildman–Crippen LogP) is 0.254. The Balaban J connectivity index is 2.64. The molecule has 2 amide bonds. The van der Waals surface area contributed by atoms with E-state index in [1.807, 2.05) is 0 Å². The quantitative estimate of drug-likeness (QED) is 0.0784. The van der Waals surface area contributed by atoms with Crippen LogP contribution in [0.3, 0.4) is 0 Å². The zero-order chi connectivity index (χ0) is 39.6. The van der Waals surface area contributed by atoms with Crippen LogP contribution in [0.25, 0.3) is 0 Å². The molecular weight excluding hydrogens is 728 g/mol. The molecule has 292 valence electrons. The van der Waals surface area contributed by atoms with E-state index in [0.717, 1.165) is 34.8 Å². The minimum absolute atomic E-state index is 0.0688. The van der Waals surface area contributed by atoms with Crippen LogP contribution in [-0.4, -0.2) is 131 Å². The first kappa shape index (κ1) is 44.4. The lowest BCUT2D eigenvalue weighted by Gasteiger charge is -2.48. The van der Waals surface area contributed by atoms with Crippen LogP contribution >= 0.6 is 11.6 Å². The summed E-state index contributed by atoms with van der Waals surface area (Å²) in [5, 5.41) is 5.46. The lowest BCUT2D eigenvalue weighted by atomic mass is 9.87. The maximum atomic E-state index is 13.5. The van der Waals surface area contributed by atoms with Crippen LogP contribution in [0.2, 0.25) is 5.02 Å². The van der Waals surface area contributed by atoms with Crippen LogP contribution < -0.4 is 10.6 Å². The fourth-order valence-electron chi connectivity index (χ4n) is 5.05. The van der Waals surface area contributed by atoms with Crippen molar-refractivity contribution < 1.29 is 76.2 Å². The molecule has 1 aliphatic rings. The zero-order valence-corrected chi connectivity index (χ0v) is 30.6. The molecule has 2 N–H and O–H groups in total. The number of ether oxygens (including phenoxy) is 9. The fourth-order valence-corrected chi connectivity index (χ4v) is 5.18. The minimum atomic E-state index is -2.42. The van der Waals surface area contributed by atoms with Crippen LogP contribution in [0.1, 0.15) is 44.5 Å². The zero-order valence-electron chi connectivity index (χ0n) is 29.8. The van der Waals surface area contributed by atoms with Crippen LogP contribution in [-0.2, 0) is 71.4 Å². The number of carbonyl (C=O) groups is 7. The van der Waals surface area contributed by atoms with Crippen molar-refractivity contribution in [1.29, 1.82) is 0 Å². The Morgan fingerprint density at radius 1 is 0.925 bits per heavy atom. The van der Waals surface area contributed by atoms with Gasteiger partial charge in [0.1, 0.15) is 18.8 Å². The highest BCUT2D eigenvalue weighted by atomic mass is 35.5. The number of amides is 2. The number of benzene rings is 1. The largest absolute Gasteiger partial charge is 0.465 e. The van der Waals surface area contributed by atoms with Crippen molar-refractivity contribution in [2.24, 2.45) is 0 Å². The molecule has 53 heavy (non-hydrogen) atoms. The Hall–Kier alpha value is -4.80. The van der Waals surface area contributed by atoms with Gasteiger partial charge < -0.3 is 53.3 Å². The Morgan fingerprint density at radius 3 is 2.15 bits per heavy atom. The van der Waals surface area contributed by atoms with Gasteiger partial charge in [0, 0.05) is 38.3 Å². The van der Waals surface area contributed by atoms with Gasteiger partial charge in [0.05, 0.1) is 52.5 Å². The summed E-state index contributed by atoms with van der Waals surface area (Å²) in [7, 11) is 1.02. The Morgan fingerprint density at radius 2 is 1.57 bits per heavy atom. The maximum Gasteiger partial charge on any atom is 0.366 e. The highest BCUT2D eigenvalue weighted by Crippen LogP contribution is 2.37. The molecule has 0 aliphatic carbocycles. The highest BCUT2D eigenvalue weighted by Gasteiger charge is 2.59. The third-order valence-electron chi connectivity index (χ3n) is 7.10. The number of hydrogen-bond donors (Lipinski definition) is 2.